The van der Waals surface area contributed by atoms with Gasteiger partial charge in [0, 0.05) is 25.1 Å². The fraction of sp³-hybridized carbons (Fsp3) is 0.929. The molecule has 1 amide bonds. The lowest BCUT2D eigenvalue weighted by Crippen LogP contribution is -2.47. The Balaban J connectivity index is 1.81. The van der Waals surface area contributed by atoms with Gasteiger partial charge in [-0.1, -0.05) is 20.8 Å². The third kappa shape index (κ3) is 3.70. The Bertz CT molecular complexity index is 278. The topological polar surface area (TPSA) is 29.5 Å². The maximum atomic E-state index is 12.2. The number of piperidine rings is 1. The summed E-state index contributed by atoms with van der Waals surface area (Å²) in [6, 6.07) is 0. The molecule has 2 fully saturated rings. The number of amides is 1. The van der Waals surface area contributed by atoms with E-state index in [4.69, 9.17) is 4.74 Å². The second-order valence-electron chi connectivity index (χ2n) is 6.54. The van der Waals surface area contributed by atoms with Gasteiger partial charge in [0.2, 0.25) is 5.91 Å². The summed E-state index contributed by atoms with van der Waals surface area (Å²) in [5, 5.41) is 0. The molecule has 1 aliphatic heterocycles. The van der Waals surface area contributed by atoms with Gasteiger partial charge in [0.25, 0.3) is 0 Å². The summed E-state index contributed by atoms with van der Waals surface area (Å²) >= 11 is 0. The quantitative estimate of drug-likeness (QED) is 0.757. The maximum Gasteiger partial charge on any atom is 0.228 e. The van der Waals surface area contributed by atoms with Crippen molar-refractivity contribution in [3.8, 4) is 0 Å². The first-order chi connectivity index (χ1) is 7.97. The zero-order valence-corrected chi connectivity index (χ0v) is 11.4. The van der Waals surface area contributed by atoms with Crippen LogP contribution in [0.4, 0.5) is 0 Å². The van der Waals surface area contributed by atoms with Gasteiger partial charge in [-0.05, 0) is 31.6 Å². The molecule has 2 rings (SSSR count). The van der Waals surface area contributed by atoms with Crippen LogP contribution in [0.25, 0.3) is 0 Å². The number of ether oxygens (including phenoxy) is 1. The molecule has 2 aliphatic rings. The van der Waals surface area contributed by atoms with E-state index in [2.05, 4.69) is 0 Å². The number of likely N-dealkylation sites (tertiary alicyclic amines) is 1. The Labute approximate surface area is 105 Å². The van der Waals surface area contributed by atoms with E-state index in [-0.39, 0.29) is 17.4 Å². The highest BCUT2D eigenvalue weighted by Gasteiger charge is 2.32. The van der Waals surface area contributed by atoms with Gasteiger partial charge in [-0.2, -0.15) is 0 Å². The van der Waals surface area contributed by atoms with Crippen molar-refractivity contribution < 1.29 is 9.53 Å². The lowest BCUT2D eigenvalue weighted by molar-refractivity contribution is -0.143. The molecule has 17 heavy (non-hydrogen) atoms. The Morgan fingerprint density at radius 1 is 1.29 bits per heavy atom. The van der Waals surface area contributed by atoms with Crippen molar-refractivity contribution in [2.75, 3.05) is 19.7 Å². The van der Waals surface area contributed by atoms with Crippen molar-refractivity contribution in [1.82, 2.24) is 4.90 Å². The molecule has 1 aliphatic carbocycles. The molecule has 0 spiro atoms. The van der Waals surface area contributed by atoms with Crippen molar-refractivity contribution in [2.24, 2.45) is 11.3 Å². The fourth-order valence-corrected chi connectivity index (χ4v) is 2.29. The van der Waals surface area contributed by atoms with Crippen LogP contribution in [0.3, 0.4) is 0 Å². The minimum atomic E-state index is -0.265. The highest BCUT2D eigenvalue weighted by molar-refractivity contribution is 5.81. The van der Waals surface area contributed by atoms with E-state index < -0.39 is 0 Å². The van der Waals surface area contributed by atoms with Crippen molar-refractivity contribution in [1.29, 1.82) is 0 Å². The smallest absolute Gasteiger partial charge is 0.228 e. The van der Waals surface area contributed by atoms with Gasteiger partial charge < -0.3 is 9.64 Å². The summed E-state index contributed by atoms with van der Waals surface area (Å²) in [4.78, 5) is 14.2. The number of carbonyl (C=O) groups excluding carboxylic acids is 1. The zero-order chi connectivity index (χ0) is 12.5. The van der Waals surface area contributed by atoms with E-state index >= 15 is 0 Å². The second kappa shape index (κ2) is 4.97. The molecular formula is C14H25NO2. The molecule has 1 heterocycles. The van der Waals surface area contributed by atoms with Crippen LogP contribution in [0.15, 0.2) is 0 Å². The van der Waals surface area contributed by atoms with Gasteiger partial charge >= 0.3 is 0 Å². The van der Waals surface area contributed by atoms with Crippen LogP contribution in [-0.4, -0.2) is 36.6 Å². The van der Waals surface area contributed by atoms with Crippen LogP contribution < -0.4 is 0 Å². The standard InChI is InChI=1S/C14H25NO2/c1-14(2,3)13(16)15-8-4-5-12(9-15)17-10-11-6-7-11/h11-12H,4-10H2,1-3H3. The number of hydrogen-bond donors (Lipinski definition) is 0. The molecule has 1 atom stereocenters. The lowest BCUT2D eigenvalue weighted by atomic mass is 9.93. The molecule has 1 saturated heterocycles. The maximum absolute atomic E-state index is 12.2. The summed E-state index contributed by atoms with van der Waals surface area (Å²) < 4.78 is 5.91. The monoisotopic (exact) mass is 239 g/mol. The van der Waals surface area contributed by atoms with Gasteiger partial charge in [-0.15, -0.1) is 0 Å². The van der Waals surface area contributed by atoms with Crippen LogP contribution in [-0.2, 0) is 9.53 Å². The van der Waals surface area contributed by atoms with E-state index in [0.717, 1.165) is 38.5 Å². The summed E-state index contributed by atoms with van der Waals surface area (Å²) in [6.45, 7) is 8.57. The predicted molar refractivity (Wildman–Crippen MR) is 67.7 cm³/mol. The van der Waals surface area contributed by atoms with Gasteiger partial charge in [0.05, 0.1) is 6.10 Å². The molecule has 98 valence electrons. The van der Waals surface area contributed by atoms with E-state index in [0.29, 0.717) is 0 Å². The number of rotatable bonds is 3. The minimum absolute atomic E-state index is 0.261. The first-order valence-corrected chi connectivity index (χ1v) is 6.88. The minimum Gasteiger partial charge on any atom is -0.376 e. The van der Waals surface area contributed by atoms with Crippen molar-refractivity contribution in [2.45, 2.75) is 52.6 Å². The average Bonchev–Trinajstić information content (AvgIpc) is 3.08. The molecule has 0 aromatic heterocycles. The molecule has 3 nitrogen and oxygen atoms in total. The van der Waals surface area contributed by atoms with Gasteiger partial charge in [-0.25, -0.2) is 0 Å². The molecule has 1 saturated carbocycles. The molecule has 3 heteroatoms. The molecule has 0 radical (unpaired) electrons. The SMILES string of the molecule is CC(C)(C)C(=O)N1CCCC(OCC2CC2)C1. The van der Waals surface area contributed by atoms with Crippen LogP contribution in [0.5, 0.6) is 0 Å². The van der Waals surface area contributed by atoms with E-state index in [9.17, 15) is 4.79 Å². The summed E-state index contributed by atoms with van der Waals surface area (Å²) in [5.41, 5.74) is -0.265. The third-order valence-electron chi connectivity index (χ3n) is 3.57. The molecular weight excluding hydrogens is 214 g/mol. The van der Waals surface area contributed by atoms with Crippen LogP contribution in [0.1, 0.15) is 46.5 Å². The Morgan fingerprint density at radius 2 is 2.00 bits per heavy atom. The number of hydrogen-bond acceptors (Lipinski definition) is 2. The van der Waals surface area contributed by atoms with Crippen LogP contribution in [0.2, 0.25) is 0 Å². The molecule has 0 N–H and O–H groups in total. The Kier molecular flexibility index (Phi) is 3.76. The normalized spacial score (nSPS) is 26.1. The van der Waals surface area contributed by atoms with Crippen molar-refractivity contribution in [3.05, 3.63) is 0 Å². The average molecular weight is 239 g/mol. The highest BCUT2D eigenvalue weighted by Crippen LogP contribution is 2.30. The van der Waals surface area contributed by atoms with Crippen molar-refractivity contribution >= 4 is 5.91 Å². The lowest BCUT2D eigenvalue weighted by Gasteiger charge is -2.36. The van der Waals surface area contributed by atoms with Gasteiger partial charge in [0.1, 0.15) is 0 Å². The summed E-state index contributed by atoms with van der Waals surface area (Å²) in [6.07, 6.45) is 5.13. The summed E-state index contributed by atoms with van der Waals surface area (Å²) in [7, 11) is 0. The molecule has 0 aromatic rings. The zero-order valence-electron chi connectivity index (χ0n) is 11.4. The summed E-state index contributed by atoms with van der Waals surface area (Å²) in [5.74, 6) is 1.07. The second-order valence-corrected chi connectivity index (χ2v) is 6.54. The van der Waals surface area contributed by atoms with E-state index in [1.54, 1.807) is 0 Å². The molecule has 0 aromatic carbocycles. The Morgan fingerprint density at radius 3 is 2.59 bits per heavy atom. The molecule has 1 unspecified atom stereocenters. The highest BCUT2D eigenvalue weighted by atomic mass is 16.5. The fourth-order valence-electron chi connectivity index (χ4n) is 2.29. The number of carbonyl (C=O) groups is 1. The van der Waals surface area contributed by atoms with E-state index in [1.165, 1.54) is 12.8 Å². The number of nitrogens with zero attached hydrogens (tertiary/aromatic N) is 1. The van der Waals surface area contributed by atoms with Gasteiger partial charge in [0.15, 0.2) is 0 Å². The van der Waals surface area contributed by atoms with Crippen molar-refractivity contribution in [3.63, 3.8) is 0 Å². The van der Waals surface area contributed by atoms with Gasteiger partial charge in [-0.3, -0.25) is 4.79 Å². The first kappa shape index (κ1) is 12.9. The largest absolute Gasteiger partial charge is 0.376 e. The third-order valence-corrected chi connectivity index (χ3v) is 3.57. The Hall–Kier alpha value is -0.570. The first-order valence-electron chi connectivity index (χ1n) is 6.88. The van der Waals surface area contributed by atoms with Crippen LogP contribution in [0, 0.1) is 11.3 Å². The van der Waals surface area contributed by atoms with E-state index in [1.807, 2.05) is 25.7 Å². The van der Waals surface area contributed by atoms with Crippen LogP contribution >= 0.6 is 0 Å². The molecule has 0 bridgehead atoms. The predicted octanol–water partition coefficient (Wildman–Crippen LogP) is 2.45.